The molecule has 5 heteroatoms. The summed E-state index contributed by atoms with van der Waals surface area (Å²) < 4.78 is 19.7. The van der Waals surface area contributed by atoms with Gasteiger partial charge in [0.2, 0.25) is 0 Å². The highest BCUT2D eigenvalue weighted by molar-refractivity contribution is 5.57. The second-order valence-corrected chi connectivity index (χ2v) is 5.53. The molecule has 20 heavy (non-hydrogen) atoms. The Labute approximate surface area is 118 Å². The number of piperidine rings is 1. The van der Waals surface area contributed by atoms with Gasteiger partial charge in [0.25, 0.3) is 0 Å². The summed E-state index contributed by atoms with van der Waals surface area (Å²) in [6.07, 6.45) is 2.34. The SMILES string of the molecule is OC1CCCN(c2ccc(N3CCCOC3)cc2F)C1. The lowest BCUT2D eigenvalue weighted by Gasteiger charge is -2.33. The number of halogens is 1. The zero-order chi connectivity index (χ0) is 13.9. The van der Waals surface area contributed by atoms with E-state index in [1.165, 1.54) is 0 Å². The summed E-state index contributed by atoms with van der Waals surface area (Å²) in [5.41, 5.74) is 1.45. The second-order valence-electron chi connectivity index (χ2n) is 5.53. The molecule has 0 aliphatic carbocycles. The number of nitrogens with zero attached hydrogens (tertiary/aromatic N) is 2. The molecule has 1 unspecified atom stereocenters. The first-order valence-corrected chi connectivity index (χ1v) is 7.29. The molecule has 0 amide bonds. The number of rotatable bonds is 2. The normalized spacial score (nSPS) is 24.0. The zero-order valence-corrected chi connectivity index (χ0v) is 11.6. The Morgan fingerprint density at radius 2 is 2.05 bits per heavy atom. The summed E-state index contributed by atoms with van der Waals surface area (Å²) in [6, 6.07) is 5.33. The van der Waals surface area contributed by atoms with Gasteiger partial charge in [-0.05, 0) is 37.5 Å². The third kappa shape index (κ3) is 2.88. The highest BCUT2D eigenvalue weighted by atomic mass is 19.1. The van der Waals surface area contributed by atoms with E-state index in [9.17, 15) is 9.50 Å². The van der Waals surface area contributed by atoms with Gasteiger partial charge in [0.15, 0.2) is 0 Å². The molecule has 110 valence electrons. The van der Waals surface area contributed by atoms with Crippen LogP contribution in [-0.2, 0) is 4.74 Å². The van der Waals surface area contributed by atoms with Crippen molar-refractivity contribution in [1.82, 2.24) is 0 Å². The average molecular weight is 280 g/mol. The van der Waals surface area contributed by atoms with E-state index in [0.717, 1.165) is 44.6 Å². The Kier molecular flexibility index (Phi) is 4.08. The third-order valence-electron chi connectivity index (χ3n) is 4.00. The number of benzene rings is 1. The quantitative estimate of drug-likeness (QED) is 0.898. The van der Waals surface area contributed by atoms with Crippen LogP contribution in [0.2, 0.25) is 0 Å². The largest absolute Gasteiger partial charge is 0.391 e. The lowest BCUT2D eigenvalue weighted by molar-refractivity contribution is 0.107. The van der Waals surface area contributed by atoms with Crippen LogP contribution in [-0.4, -0.2) is 44.2 Å². The fraction of sp³-hybridized carbons (Fsp3) is 0.600. The molecule has 3 rings (SSSR count). The van der Waals surface area contributed by atoms with Crippen LogP contribution in [0.1, 0.15) is 19.3 Å². The smallest absolute Gasteiger partial charge is 0.148 e. The molecule has 1 atom stereocenters. The summed E-state index contributed by atoms with van der Waals surface area (Å²) in [5, 5.41) is 9.70. The van der Waals surface area contributed by atoms with E-state index >= 15 is 0 Å². The van der Waals surface area contributed by atoms with Crippen molar-refractivity contribution >= 4 is 11.4 Å². The van der Waals surface area contributed by atoms with Gasteiger partial charge >= 0.3 is 0 Å². The topological polar surface area (TPSA) is 35.9 Å². The molecule has 2 fully saturated rings. The Hall–Kier alpha value is -1.33. The summed E-state index contributed by atoms with van der Waals surface area (Å²) in [4.78, 5) is 3.97. The van der Waals surface area contributed by atoms with Gasteiger partial charge in [-0.2, -0.15) is 0 Å². The number of hydrogen-bond donors (Lipinski definition) is 1. The first kappa shape index (κ1) is 13.6. The van der Waals surface area contributed by atoms with Crippen LogP contribution < -0.4 is 9.80 Å². The Morgan fingerprint density at radius 1 is 1.20 bits per heavy atom. The van der Waals surface area contributed by atoms with Gasteiger partial charge < -0.3 is 19.6 Å². The lowest BCUT2D eigenvalue weighted by Crippen LogP contribution is -2.38. The van der Waals surface area contributed by atoms with E-state index in [2.05, 4.69) is 0 Å². The van der Waals surface area contributed by atoms with Crippen molar-refractivity contribution in [3.05, 3.63) is 24.0 Å². The molecule has 1 aromatic carbocycles. The number of aliphatic hydroxyl groups is 1. The van der Waals surface area contributed by atoms with Crippen LogP contribution >= 0.6 is 0 Å². The molecular formula is C15H21FN2O2. The Balaban J connectivity index is 1.76. The molecule has 1 aromatic rings. The fourth-order valence-corrected chi connectivity index (χ4v) is 2.92. The van der Waals surface area contributed by atoms with E-state index in [1.54, 1.807) is 6.07 Å². The predicted octanol–water partition coefficient (Wildman–Crippen LogP) is 1.97. The molecule has 0 bridgehead atoms. The van der Waals surface area contributed by atoms with E-state index in [4.69, 9.17) is 4.74 Å². The molecule has 0 spiro atoms. The van der Waals surface area contributed by atoms with E-state index in [-0.39, 0.29) is 11.9 Å². The van der Waals surface area contributed by atoms with Crippen molar-refractivity contribution in [2.45, 2.75) is 25.4 Å². The first-order chi connectivity index (χ1) is 9.74. The van der Waals surface area contributed by atoms with Crippen LogP contribution in [0.4, 0.5) is 15.8 Å². The minimum atomic E-state index is -0.349. The minimum Gasteiger partial charge on any atom is -0.391 e. The summed E-state index contributed by atoms with van der Waals surface area (Å²) in [6.45, 7) is 3.54. The van der Waals surface area contributed by atoms with Gasteiger partial charge in [0.1, 0.15) is 12.5 Å². The van der Waals surface area contributed by atoms with Crippen LogP contribution in [0.25, 0.3) is 0 Å². The van der Waals surface area contributed by atoms with E-state index in [0.29, 0.717) is 19.0 Å². The first-order valence-electron chi connectivity index (χ1n) is 7.29. The molecule has 2 saturated heterocycles. The number of anilines is 2. The van der Waals surface area contributed by atoms with Crippen LogP contribution in [0.5, 0.6) is 0 Å². The standard InChI is InChI=1S/C15H21FN2O2/c16-14-9-12(18-7-2-8-20-11-18)4-5-15(14)17-6-1-3-13(19)10-17/h4-5,9,13,19H,1-3,6-8,10-11H2. The van der Waals surface area contributed by atoms with Gasteiger partial charge in [0, 0.05) is 25.3 Å². The summed E-state index contributed by atoms with van der Waals surface area (Å²) in [5.74, 6) is -0.220. The van der Waals surface area contributed by atoms with Crippen LogP contribution in [0, 0.1) is 5.82 Å². The van der Waals surface area contributed by atoms with Crippen molar-refractivity contribution in [3.8, 4) is 0 Å². The average Bonchev–Trinajstić information content (AvgIpc) is 2.48. The van der Waals surface area contributed by atoms with Crippen molar-refractivity contribution < 1.29 is 14.2 Å². The van der Waals surface area contributed by atoms with Crippen molar-refractivity contribution in [2.24, 2.45) is 0 Å². The van der Waals surface area contributed by atoms with Crippen LogP contribution in [0.15, 0.2) is 18.2 Å². The van der Waals surface area contributed by atoms with E-state index < -0.39 is 0 Å². The summed E-state index contributed by atoms with van der Waals surface area (Å²) >= 11 is 0. The molecule has 0 aromatic heterocycles. The maximum Gasteiger partial charge on any atom is 0.148 e. The zero-order valence-electron chi connectivity index (χ0n) is 11.6. The number of hydrogen-bond acceptors (Lipinski definition) is 4. The second kappa shape index (κ2) is 5.97. The maximum atomic E-state index is 14.3. The molecule has 1 N–H and O–H groups in total. The predicted molar refractivity (Wildman–Crippen MR) is 76.6 cm³/mol. The van der Waals surface area contributed by atoms with E-state index in [1.807, 2.05) is 21.9 Å². The number of ether oxygens (including phenoxy) is 1. The van der Waals surface area contributed by atoms with Crippen molar-refractivity contribution in [2.75, 3.05) is 42.8 Å². The van der Waals surface area contributed by atoms with Crippen molar-refractivity contribution in [3.63, 3.8) is 0 Å². The maximum absolute atomic E-state index is 14.3. The van der Waals surface area contributed by atoms with Gasteiger partial charge in [-0.15, -0.1) is 0 Å². The minimum absolute atomic E-state index is 0.220. The summed E-state index contributed by atoms with van der Waals surface area (Å²) in [7, 11) is 0. The Morgan fingerprint density at radius 3 is 2.75 bits per heavy atom. The van der Waals surface area contributed by atoms with Gasteiger partial charge in [-0.1, -0.05) is 0 Å². The van der Waals surface area contributed by atoms with Gasteiger partial charge in [-0.3, -0.25) is 0 Å². The number of aliphatic hydroxyl groups excluding tert-OH is 1. The fourth-order valence-electron chi connectivity index (χ4n) is 2.92. The third-order valence-corrected chi connectivity index (χ3v) is 4.00. The number of β-amino-alcohol motifs (C(OH)–C–C–N with tert-alkyl or cyclic N) is 1. The highest BCUT2D eigenvalue weighted by Crippen LogP contribution is 2.28. The van der Waals surface area contributed by atoms with Gasteiger partial charge in [-0.25, -0.2) is 4.39 Å². The van der Waals surface area contributed by atoms with Crippen LogP contribution in [0.3, 0.4) is 0 Å². The molecule has 2 heterocycles. The molecule has 4 nitrogen and oxygen atoms in total. The molecule has 2 aliphatic heterocycles. The highest BCUT2D eigenvalue weighted by Gasteiger charge is 2.21. The lowest BCUT2D eigenvalue weighted by atomic mass is 10.1. The van der Waals surface area contributed by atoms with Gasteiger partial charge in [0.05, 0.1) is 18.4 Å². The molecule has 0 saturated carbocycles. The van der Waals surface area contributed by atoms with Crippen molar-refractivity contribution in [1.29, 1.82) is 0 Å². The Bertz CT molecular complexity index is 463. The molecule has 0 radical (unpaired) electrons. The monoisotopic (exact) mass is 280 g/mol. The molecular weight excluding hydrogens is 259 g/mol. The molecule has 2 aliphatic rings.